The minimum Gasteiger partial charge on any atom is -0.478 e. The number of benzene rings is 1. The van der Waals surface area contributed by atoms with Crippen LogP contribution in [0.5, 0.6) is 0 Å². The number of rotatable bonds is 6. The number of hydrogen-bond donors (Lipinski definition) is 2. The van der Waals surface area contributed by atoms with Crippen LogP contribution in [0.4, 0.5) is 18.9 Å². The van der Waals surface area contributed by atoms with Gasteiger partial charge in [-0.2, -0.15) is 24.9 Å². The number of aromatic carboxylic acids is 1. The third-order valence-electron chi connectivity index (χ3n) is 2.42. The summed E-state index contributed by atoms with van der Waals surface area (Å²) in [6.07, 6.45) is -1.79. The van der Waals surface area contributed by atoms with Crippen LogP contribution in [0.15, 0.2) is 18.2 Å². The van der Waals surface area contributed by atoms with Crippen molar-refractivity contribution >= 4 is 23.4 Å². The monoisotopic (exact) mass is 293 g/mol. The van der Waals surface area contributed by atoms with Crippen LogP contribution in [-0.2, 0) is 6.18 Å². The fourth-order valence-electron chi connectivity index (χ4n) is 1.49. The third-order valence-corrected chi connectivity index (χ3v) is 3.11. The van der Waals surface area contributed by atoms with Crippen molar-refractivity contribution < 1.29 is 23.1 Å². The molecule has 3 nitrogen and oxygen atoms in total. The zero-order valence-electron chi connectivity index (χ0n) is 10.3. The highest BCUT2D eigenvalue weighted by Crippen LogP contribution is 2.31. The number of hydrogen-bond acceptors (Lipinski definition) is 3. The second kappa shape index (κ2) is 6.70. The number of alkyl halides is 3. The predicted molar refractivity (Wildman–Crippen MR) is 69.9 cm³/mol. The van der Waals surface area contributed by atoms with Crippen molar-refractivity contribution in [1.82, 2.24) is 0 Å². The smallest absolute Gasteiger partial charge is 0.416 e. The second-order valence-electron chi connectivity index (χ2n) is 3.84. The Kier molecular flexibility index (Phi) is 5.53. The molecule has 0 fully saturated rings. The van der Waals surface area contributed by atoms with Gasteiger partial charge in [-0.05, 0) is 36.6 Å². The minimum absolute atomic E-state index is 0.210. The van der Waals surface area contributed by atoms with Gasteiger partial charge in [-0.3, -0.25) is 0 Å². The molecular weight excluding hydrogens is 279 g/mol. The summed E-state index contributed by atoms with van der Waals surface area (Å²) in [5, 5.41) is 11.8. The van der Waals surface area contributed by atoms with Crippen LogP contribution in [0.1, 0.15) is 22.3 Å². The van der Waals surface area contributed by atoms with Gasteiger partial charge in [-0.25, -0.2) is 4.79 Å². The molecule has 2 N–H and O–H groups in total. The Hall–Kier alpha value is -1.37. The lowest BCUT2D eigenvalue weighted by Crippen LogP contribution is -2.12. The van der Waals surface area contributed by atoms with Crippen molar-refractivity contribution in [3.8, 4) is 0 Å². The topological polar surface area (TPSA) is 49.3 Å². The molecule has 0 saturated heterocycles. The molecule has 7 heteroatoms. The van der Waals surface area contributed by atoms with Crippen molar-refractivity contribution in [2.45, 2.75) is 12.6 Å². The fourth-order valence-corrected chi connectivity index (χ4v) is 1.92. The van der Waals surface area contributed by atoms with E-state index in [2.05, 4.69) is 5.32 Å². The van der Waals surface area contributed by atoms with E-state index in [1.54, 1.807) is 11.8 Å². The quantitative estimate of drug-likeness (QED) is 0.787. The Morgan fingerprint density at radius 1 is 1.42 bits per heavy atom. The van der Waals surface area contributed by atoms with Gasteiger partial charge in [0, 0.05) is 12.2 Å². The molecular formula is C12H14F3NO2S. The van der Waals surface area contributed by atoms with Crippen LogP contribution in [-0.4, -0.2) is 29.6 Å². The van der Waals surface area contributed by atoms with Crippen LogP contribution in [0.3, 0.4) is 0 Å². The molecule has 106 valence electrons. The standard InChI is InChI=1S/C12H14F3NO2S/c1-19-6-2-5-16-10-4-3-8(12(13,14)15)7-9(10)11(17)18/h3-4,7,16H,2,5-6H2,1H3,(H,17,18). The predicted octanol–water partition coefficient (Wildman–Crippen LogP) is 3.57. The molecule has 1 aromatic rings. The zero-order chi connectivity index (χ0) is 14.5. The second-order valence-corrected chi connectivity index (χ2v) is 4.82. The Labute approximate surface area is 113 Å². The van der Waals surface area contributed by atoms with Crippen LogP contribution < -0.4 is 5.32 Å². The molecule has 0 heterocycles. The molecule has 0 atom stereocenters. The maximum absolute atomic E-state index is 12.5. The summed E-state index contributed by atoms with van der Waals surface area (Å²) in [5.41, 5.74) is -1.11. The molecule has 0 bridgehead atoms. The van der Waals surface area contributed by atoms with Crippen molar-refractivity contribution in [3.05, 3.63) is 29.3 Å². The highest BCUT2D eigenvalue weighted by molar-refractivity contribution is 7.98. The van der Waals surface area contributed by atoms with E-state index < -0.39 is 17.7 Å². The van der Waals surface area contributed by atoms with Gasteiger partial charge in [0.15, 0.2) is 0 Å². The molecule has 0 saturated carbocycles. The van der Waals surface area contributed by atoms with Gasteiger partial charge in [0.05, 0.1) is 11.1 Å². The lowest BCUT2D eigenvalue weighted by Gasteiger charge is -2.12. The van der Waals surface area contributed by atoms with Crippen LogP contribution in [0.25, 0.3) is 0 Å². The van der Waals surface area contributed by atoms with Crippen molar-refractivity contribution in [1.29, 1.82) is 0 Å². The van der Waals surface area contributed by atoms with Crippen molar-refractivity contribution in [2.24, 2.45) is 0 Å². The normalized spacial score (nSPS) is 11.4. The number of carboxylic acid groups (broad SMARTS) is 1. The van der Waals surface area contributed by atoms with Crippen LogP contribution >= 0.6 is 11.8 Å². The van der Waals surface area contributed by atoms with Gasteiger partial charge >= 0.3 is 12.1 Å². The van der Waals surface area contributed by atoms with Gasteiger partial charge < -0.3 is 10.4 Å². The zero-order valence-corrected chi connectivity index (χ0v) is 11.1. The number of thioether (sulfide) groups is 1. The maximum Gasteiger partial charge on any atom is 0.416 e. The first kappa shape index (κ1) is 15.7. The van der Waals surface area contributed by atoms with Gasteiger partial charge in [0.2, 0.25) is 0 Å². The molecule has 0 amide bonds. The summed E-state index contributed by atoms with van der Waals surface area (Å²) >= 11 is 1.65. The highest BCUT2D eigenvalue weighted by atomic mass is 32.2. The number of carbonyl (C=O) groups is 1. The Balaban J connectivity index is 2.90. The fraction of sp³-hybridized carbons (Fsp3) is 0.417. The van der Waals surface area contributed by atoms with E-state index in [0.29, 0.717) is 12.6 Å². The maximum atomic E-state index is 12.5. The first-order chi connectivity index (χ1) is 8.86. The number of carboxylic acids is 1. The molecule has 0 unspecified atom stereocenters. The van der Waals surface area contributed by atoms with E-state index in [1.807, 2.05) is 6.26 Å². The van der Waals surface area contributed by atoms with Gasteiger partial charge in [-0.15, -0.1) is 0 Å². The molecule has 0 aliphatic rings. The lowest BCUT2D eigenvalue weighted by molar-refractivity contribution is -0.137. The van der Waals surface area contributed by atoms with E-state index in [0.717, 1.165) is 24.3 Å². The molecule has 0 spiro atoms. The average Bonchev–Trinajstić information content (AvgIpc) is 2.33. The summed E-state index contributed by atoms with van der Waals surface area (Å²) in [7, 11) is 0. The molecule has 19 heavy (non-hydrogen) atoms. The number of nitrogens with one attached hydrogen (secondary N) is 1. The first-order valence-corrected chi connectivity index (χ1v) is 6.93. The number of halogens is 3. The third kappa shape index (κ3) is 4.66. The van der Waals surface area contributed by atoms with E-state index in [1.165, 1.54) is 0 Å². The van der Waals surface area contributed by atoms with E-state index in [9.17, 15) is 18.0 Å². The average molecular weight is 293 g/mol. The Morgan fingerprint density at radius 2 is 2.11 bits per heavy atom. The van der Waals surface area contributed by atoms with Crippen LogP contribution in [0, 0.1) is 0 Å². The number of anilines is 1. The van der Waals surface area contributed by atoms with Crippen LogP contribution in [0.2, 0.25) is 0 Å². The van der Waals surface area contributed by atoms with E-state index >= 15 is 0 Å². The SMILES string of the molecule is CSCCCNc1ccc(C(F)(F)F)cc1C(=O)O. The molecule has 1 aromatic carbocycles. The summed E-state index contributed by atoms with van der Waals surface area (Å²) < 4.78 is 37.5. The highest BCUT2D eigenvalue weighted by Gasteiger charge is 2.31. The Morgan fingerprint density at radius 3 is 2.63 bits per heavy atom. The van der Waals surface area contributed by atoms with Gasteiger partial charge in [0.1, 0.15) is 0 Å². The molecule has 0 aromatic heterocycles. The molecule has 1 rings (SSSR count). The minimum atomic E-state index is -4.54. The van der Waals surface area contributed by atoms with E-state index in [4.69, 9.17) is 5.11 Å². The Bertz CT molecular complexity index is 449. The summed E-state index contributed by atoms with van der Waals surface area (Å²) in [6.45, 7) is 0.520. The largest absolute Gasteiger partial charge is 0.478 e. The molecule has 0 radical (unpaired) electrons. The lowest BCUT2D eigenvalue weighted by atomic mass is 10.1. The van der Waals surface area contributed by atoms with Gasteiger partial charge in [-0.1, -0.05) is 0 Å². The van der Waals surface area contributed by atoms with E-state index in [-0.39, 0.29) is 11.3 Å². The van der Waals surface area contributed by atoms with Crippen molar-refractivity contribution in [3.63, 3.8) is 0 Å². The summed E-state index contributed by atoms with van der Waals surface area (Å²) in [6, 6.07) is 2.69. The first-order valence-electron chi connectivity index (χ1n) is 5.53. The summed E-state index contributed by atoms with van der Waals surface area (Å²) in [4.78, 5) is 11.0. The van der Waals surface area contributed by atoms with Gasteiger partial charge in [0.25, 0.3) is 0 Å². The van der Waals surface area contributed by atoms with Crippen molar-refractivity contribution in [2.75, 3.05) is 23.9 Å². The summed E-state index contributed by atoms with van der Waals surface area (Å²) in [5.74, 6) is -0.478. The molecule has 0 aliphatic carbocycles. The molecule has 0 aliphatic heterocycles.